The van der Waals surface area contributed by atoms with Crippen LogP contribution in [0, 0.1) is 11.8 Å². The lowest BCUT2D eigenvalue weighted by molar-refractivity contribution is -0.121. The number of benzene rings is 1. The van der Waals surface area contributed by atoms with E-state index in [0.29, 0.717) is 12.5 Å². The molecule has 0 fully saturated rings. The number of carbonyl (C=O) groups is 1. The van der Waals surface area contributed by atoms with Crippen LogP contribution in [0.2, 0.25) is 0 Å². The summed E-state index contributed by atoms with van der Waals surface area (Å²) in [6.07, 6.45) is 0. The Morgan fingerprint density at radius 3 is 2.63 bits per heavy atom. The largest absolute Gasteiger partial charge is 0.373 e. The standard InChI is InChI=1S/C15H23N3O/c1-11-9-17(3)13-6-4-5-7-14(13)18(10-11)15(19)12(2)8-16/h4-7,11-12H,8-10,16H2,1-3H3. The zero-order valence-electron chi connectivity index (χ0n) is 12.0. The predicted molar refractivity (Wildman–Crippen MR) is 79.4 cm³/mol. The van der Waals surface area contributed by atoms with Crippen LogP contribution in [0.25, 0.3) is 0 Å². The van der Waals surface area contributed by atoms with Gasteiger partial charge in [-0.05, 0) is 18.1 Å². The maximum Gasteiger partial charge on any atom is 0.231 e. The number of nitrogens with two attached hydrogens (primary N) is 1. The van der Waals surface area contributed by atoms with Gasteiger partial charge < -0.3 is 15.5 Å². The number of amides is 1. The number of carbonyl (C=O) groups excluding carboxylic acids is 1. The number of hydrogen-bond donors (Lipinski definition) is 1. The summed E-state index contributed by atoms with van der Waals surface area (Å²) >= 11 is 0. The first-order valence-electron chi connectivity index (χ1n) is 6.86. The summed E-state index contributed by atoms with van der Waals surface area (Å²) in [6, 6.07) is 8.09. The average Bonchev–Trinajstić information content (AvgIpc) is 2.54. The van der Waals surface area contributed by atoms with Crippen molar-refractivity contribution >= 4 is 17.3 Å². The Labute approximate surface area is 115 Å². The Kier molecular flexibility index (Phi) is 4.10. The highest BCUT2D eigenvalue weighted by molar-refractivity contribution is 5.98. The molecule has 0 saturated carbocycles. The quantitative estimate of drug-likeness (QED) is 0.881. The molecule has 1 aliphatic rings. The minimum absolute atomic E-state index is 0.122. The first-order valence-corrected chi connectivity index (χ1v) is 6.86. The van der Waals surface area contributed by atoms with E-state index < -0.39 is 0 Å². The van der Waals surface area contributed by atoms with Gasteiger partial charge in [-0.1, -0.05) is 26.0 Å². The van der Waals surface area contributed by atoms with Crippen LogP contribution < -0.4 is 15.5 Å². The van der Waals surface area contributed by atoms with Gasteiger partial charge in [-0.2, -0.15) is 0 Å². The third-order valence-electron chi connectivity index (χ3n) is 3.70. The van der Waals surface area contributed by atoms with E-state index in [0.717, 1.165) is 24.5 Å². The van der Waals surface area contributed by atoms with Crippen LogP contribution in [0.4, 0.5) is 11.4 Å². The molecule has 1 aliphatic heterocycles. The van der Waals surface area contributed by atoms with Gasteiger partial charge in [0.05, 0.1) is 11.4 Å². The Balaban J connectivity index is 2.41. The molecule has 0 bridgehead atoms. The molecule has 1 heterocycles. The van der Waals surface area contributed by atoms with Gasteiger partial charge in [0.15, 0.2) is 0 Å². The highest BCUT2D eigenvalue weighted by atomic mass is 16.2. The number of hydrogen-bond acceptors (Lipinski definition) is 3. The lowest BCUT2D eigenvalue weighted by Gasteiger charge is -2.26. The minimum atomic E-state index is -0.135. The second kappa shape index (κ2) is 5.61. The molecule has 4 heteroatoms. The molecule has 0 aromatic heterocycles. The van der Waals surface area contributed by atoms with E-state index in [1.165, 1.54) is 0 Å². The van der Waals surface area contributed by atoms with Crippen LogP contribution in [0.15, 0.2) is 24.3 Å². The van der Waals surface area contributed by atoms with Crippen LogP contribution in [0.1, 0.15) is 13.8 Å². The Bertz CT molecular complexity index is 460. The predicted octanol–water partition coefficient (Wildman–Crippen LogP) is 1.70. The smallest absolute Gasteiger partial charge is 0.231 e. The maximum absolute atomic E-state index is 12.5. The lowest BCUT2D eigenvalue weighted by atomic mass is 10.1. The number of para-hydroxylation sites is 2. The van der Waals surface area contributed by atoms with Gasteiger partial charge in [-0.15, -0.1) is 0 Å². The molecule has 104 valence electrons. The molecule has 0 spiro atoms. The van der Waals surface area contributed by atoms with Gasteiger partial charge in [0.2, 0.25) is 5.91 Å². The van der Waals surface area contributed by atoms with Gasteiger partial charge >= 0.3 is 0 Å². The number of nitrogens with zero attached hydrogens (tertiary/aromatic N) is 2. The second-order valence-electron chi connectivity index (χ2n) is 5.56. The molecule has 2 atom stereocenters. The third-order valence-corrected chi connectivity index (χ3v) is 3.70. The van der Waals surface area contributed by atoms with E-state index >= 15 is 0 Å². The van der Waals surface area contributed by atoms with Crippen LogP contribution in [-0.4, -0.2) is 32.6 Å². The summed E-state index contributed by atoms with van der Waals surface area (Å²) in [5, 5.41) is 0. The normalized spacial score (nSPS) is 20.7. The molecule has 1 aromatic rings. The van der Waals surface area contributed by atoms with E-state index in [9.17, 15) is 4.79 Å². The molecule has 0 aliphatic carbocycles. The Morgan fingerprint density at radius 1 is 1.37 bits per heavy atom. The van der Waals surface area contributed by atoms with Crippen molar-refractivity contribution in [1.29, 1.82) is 0 Å². The second-order valence-corrected chi connectivity index (χ2v) is 5.56. The van der Waals surface area contributed by atoms with Crippen molar-refractivity contribution in [2.24, 2.45) is 17.6 Å². The van der Waals surface area contributed by atoms with E-state index in [4.69, 9.17) is 5.73 Å². The topological polar surface area (TPSA) is 49.6 Å². The van der Waals surface area contributed by atoms with Crippen LogP contribution in [0.5, 0.6) is 0 Å². The van der Waals surface area contributed by atoms with Crippen molar-refractivity contribution in [1.82, 2.24) is 0 Å². The van der Waals surface area contributed by atoms with Gasteiger partial charge in [0.1, 0.15) is 0 Å². The lowest BCUT2D eigenvalue weighted by Crippen LogP contribution is -2.40. The van der Waals surface area contributed by atoms with Crippen LogP contribution in [0.3, 0.4) is 0 Å². The number of rotatable bonds is 2. The molecule has 1 amide bonds. The summed E-state index contributed by atoms with van der Waals surface area (Å²) < 4.78 is 0. The van der Waals surface area contributed by atoms with Gasteiger partial charge in [0.25, 0.3) is 0 Å². The first-order chi connectivity index (χ1) is 9.04. The zero-order valence-corrected chi connectivity index (χ0v) is 12.0. The van der Waals surface area contributed by atoms with E-state index in [1.807, 2.05) is 30.0 Å². The highest BCUT2D eigenvalue weighted by Crippen LogP contribution is 2.33. The van der Waals surface area contributed by atoms with E-state index in [1.54, 1.807) is 0 Å². The molecule has 0 radical (unpaired) electrons. The number of anilines is 2. The summed E-state index contributed by atoms with van der Waals surface area (Å²) in [7, 11) is 2.08. The summed E-state index contributed by atoms with van der Waals surface area (Å²) in [5.41, 5.74) is 7.76. The fourth-order valence-corrected chi connectivity index (χ4v) is 2.62. The first kappa shape index (κ1) is 13.9. The number of fused-ring (bicyclic) bond motifs is 1. The fourth-order valence-electron chi connectivity index (χ4n) is 2.62. The minimum Gasteiger partial charge on any atom is -0.373 e. The Morgan fingerprint density at radius 2 is 2.00 bits per heavy atom. The monoisotopic (exact) mass is 261 g/mol. The Hall–Kier alpha value is -1.55. The molecule has 2 rings (SSSR count). The third kappa shape index (κ3) is 2.73. The molecule has 2 N–H and O–H groups in total. The zero-order chi connectivity index (χ0) is 14.0. The van der Waals surface area contributed by atoms with Gasteiger partial charge in [-0.3, -0.25) is 4.79 Å². The van der Waals surface area contributed by atoms with Crippen molar-refractivity contribution in [3.63, 3.8) is 0 Å². The maximum atomic E-state index is 12.5. The molecule has 2 unspecified atom stereocenters. The van der Waals surface area contributed by atoms with Gasteiger partial charge in [-0.25, -0.2) is 0 Å². The van der Waals surface area contributed by atoms with Crippen molar-refractivity contribution in [2.75, 3.05) is 36.5 Å². The SMILES string of the molecule is CC1CN(C)c2ccccc2N(C(=O)C(C)CN)C1. The fraction of sp³-hybridized carbons (Fsp3) is 0.533. The van der Waals surface area contributed by atoms with E-state index in [2.05, 4.69) is 24.9 Å². The van der Waals surface area contributed by atoms with Crippen LogP contribution in [-0.2, 0) is 4.79 Å². The summed E-state index contributed by atoms with van der Waals surface area (Å²) in [6.45, 7) is 6.17. The highest BCUT2D eigenvalue weighted by Gasteiger charge is 2.28. The van der Waals surface area contributed by atoms with Crippen molar-refractivity contribution in [3.8, 4) is 0 Å². The average molecular weight is 261 g/mol. The van der Waals surface area contributed by atoms with Crippen molar-refractivity contribution in [2.45, 2.75) is 13.8 Å². The van der Waals surface area contributed by atoms with Gasteiger partial charge in [0, 0.05) is 32.6 Å². The molecular formula is C15H23N3O. The van der Waals surface area contributed by atoms with Crippen LogP contribution >= 0.6 is 0 Å². The molecule has 19 heavy (non-hydrogen) atoms. The summed E-state index contributed by atoms with van der Waals surface area (Å²) in [4.78, 5) is 16.7. The van der Waals surface area contributed by atoms with Crippen molar-refractivity contribution < 1.29 is 4.79 Å². The molecular weight excluding hydrogens is 238 g/mol. The molecule has 4 nitrogen and oxygen atoms in total. The molecule has 0 saturated heterocycles. The summed E-state index contributed by atoms with van der Waals surface area (Å²) in [5.74, 6) is 0.423. The van der Waals surface area contributed by atoms with E-state index in [-0.39, 0.29) is 11.8 Å². The molecule has 1 aromatic carbocycles. The van der Waals surface area contributed by atoms with Crippen molar-refractivity contribution in [3.05, 3.63) is 24.3 Å².